The first-order valence-corrected chi connectivity index (χ1v) is 8.75. The van der Waals surface area contributed by atoms with Gasteiger partial charge in [-0.3, -0.25) is 4.90 Å². The molecule has 0 spiro atoms. The second kappa shape index (κ2) is 9.59. The van der Waals surface area contributed by atoms with Crippen molar-refractivity contribution in [3.63, 3.8) is 0 Å². The van der Waals surface area contributed by atoms with E-state index < -0.39 is 0 Å². The molecule has 0 saturated carbocycles. The number of halogens is 1. The summed E-state index contributed by atoms with van der Waals surface area (Å²) >= 11 is 0. The number of hydrogen-bond donors (Lipinski definition) is 0. The summed E-state index contributed by atoms with van der Waals surface area (Å²) in [5.74, 6) is -0.261. The van der Waals surface area contributed by atoms with Crippen molar-refractivity contribution in [3.8, 4) is 0 Å². The minimum atomic E-state index is -0.261. The first-order valence-electron chi connectivity index (χ1n) is 8.75. The van der Waals surface area contributed by atoms with Crippen LogP contribution in [0.2, 0.25) is 0 Å². The fourth-order valence-electron chi connectivity index (χ4n) is 3.13. The summed E-state index contributed by atoms with van der Waals surface area (Å²) in [5.41, 5.74) is 4.10. The van der Waals surface area contributed by atoms with Gasteiger partial charge in [-0.25, -0.2) is 4.79 Å². The van der Waals surface area contributed by atoms with E-state index in [4.69, 9.17) is 4.74 Å². The molecule has 3 rings (SSSR count). The Kier molecular flexibility index (Phi) is 7.48. The van der Waals surface area contributed by atoms with Crippen molar-refractivity contribution in [2.75, 3.05) is 13.1 Å². The molecule has 1 aliphatic rings. The van der Waals surface area contributed by atoms with Crippen LogP contribution < -0.4 is 0 Å². The minimum Gasteiger partial charge on any atom is -0.457 e. The number of nitrogens with zero attached hydrogens (tertiary/aromatic N) is 1. The first-order chi connectivity index (χ1) is 11.7. The van der Waals surface area contributed by atoms with E-state index in [9.17, 15) is 4.79 Å². The molecular weight excluding hydrogens is 334 g/mol. The third-order valence-electron chi connectivity index (χ3n) is 4.61. The first kappa shape index (κ1) is 19.5. The number of piperidine rings is 1. The molecule has 0 aromatic heterocycles. The van der Waals surface area contributed by atoms with Gasteiger partial charge in [0.15, 0.2) is 0 Å². The smallest absolute Gasteiger partial charge is 0.338 e. The molecule has 4 heteroatoms. The summed E-state index contributed by atoms with van der Waals surface area (Å²) in [6.45, 7) is 5.61. The zero-order valence-electron chi connectivity index (χ0n) is 14.7. The Morgan fingerprint density at radius 3 is 2.28 bits per heavy atom. The topological polar surface area (TPSA) is 29.5 Å². The van der Waals surface area contributed by atoms with E-state index in [0.717, 1.165) is 30.8 Å². The predicted octanol–water partition coefficient (Wildman–Crippen LogP) is 4.76. The van der Waals surface area contributed by atoms with Gasteiger partial charge in [0.25, 0.3) is 0 Å². The highest BCUT2D eigenvalue weighted by molar-refractivity contribution is 5.89. The molecule has 0 amide bonds. The molecule has 1 saturated heterocycles. The molecule has 0 bridgehead atoms. The minimum absolute atomic E-state index is 0. The second-order valence-corrected chi connectivity index (χ2v) is 6.55. The van der Waals surface area contributed by atoms with E-state index in [2.05, 4.69) is 23.1 Å². The van der Waals surface area contributed by atoms with Crippen molar-refractivity contribution < 1.29 is 9.53 Å². The number of rotatable bonds is 5. The lowest BCUT2D eigenvalue weighted by Crippen LogP contribution is -2.29. The molecule has 0 aliphatic carbocycles. The van der Waals surface area contributed by atoms with Gasteiger partial charge in [0.1, 0.15) is 6.61 Å². The summed E-state index contributed by atoms with van der Waals surface area (Å²) in [6.07, 6.45) is 3.90. The van der Waals surface area contributed by atoms with Crippen molar-refractivity contribution in [1.82, 2.24) is 4.90 Å². The number of aryl methyl sites for hydroxylation is 1. The van der Waals surface area contributed by atoms with E-state index in [0.29, 0.717) is 12.2 Å². The summed E-state index contributed by atoms with van der Waals surface area (Å²) in [4.78, 5) is 14.7. The van der Waals surface area contributed by atoms with Crippen molar-refractivity contribution in [3.05, 3.63) is 70.8 Å². The van der Waals surface area contributed by atoms with Gasteiger partial charge in [-0.05, 0) is 56.1 Å². The number of likely N-dealkylation sites (tertiary alicyclic amines) is 1. The molecule has 134 valence electrons. The van der Waals surface area contributed by atoms with Crippen molar-refractivity contribution in [1.29, 1.82) is 0 Å². The molecular formula is C21H26ClNO2. The van der Waals surface area contributed by atoms with Crippen LogP contribution in [0.25, 0.3) is 0 Å². The van der Waals surface area contributed by atoms with Crippen LogP contribution >= 0.6 is 12.4 Å². The van der Waals surface area contributed by atoms with Gasteiger partial charge >= 0.3 is 5.97 Å². The Hall–Kier alpha value is -1.84. The van der Waals surface area contributed by atoms with Crippen molar-refractivity contribution in [2.24, 2.45) is 0 Å². The summed E-state index contributed by atoms with van der Waals surface area (Å²) in [7, 11) is 0. The third kappa shape index (κ3) is 5.58. The molecule has 0 radical (unpaired) electrons. The Morgan fingerprint density at radius 1 is 0.960 bits per heavy atom. The molecule has 2 aromatic carbocycles. The second-order valence-electron chi connectivity index (χ2n) is 6.55. The molecule has 2 aromatic rings. The summed E-state index contributed by atoms with van der Waals surface area (Å²) in [5, 5.41) is 0. The summed E-state index contributed by atoms with van der Waals surface area (Å²) in [6, 6.07) is 15.8. The molecule has 0 unspecified atom stereocenters. The number of hydrogen-bond acceptors (Lipinski definition) is 3. The third-order valence-corrected chi connectivity index (χ3v) is 4.61. The van der Waals surface area contributed by atoms with Crippen LogP contribution in [0.1, 0.15) is 46.3 Å². The zero-order valence-corrected chi connectivity index (χ0v) is 15.6. The van der Waals surface area contributed by atoms with Crippen molar-refractivity contribution in [2.45, 2.75) is 39.3 Å². The lowest BCUT2D eigenvalue weighted by Gasteiger charge is -2.27. The number of ether oxygens (including phenoxy) is 1. The molecule has 0 N–H and O–H groups in total. The average Bonchev–Trinajstić information content (AvgIpc) is 2.62. The standard InChI is InChI=1S/C21H25NO2.ClH/c1-17-9-11-18(12-10-17)21(23)24-16-20-8-4-3-7-19(20)15-22-13-5-2-6-14-22;/h3-4,7-12H,2,5-6,13-16H2,1H3;1H. The molecule has 25 heavy (non-hydrogen) atoms. The van der Waals surface area contributed by atoms with Crippen LogP contribution in [0.15, 0.2) is 48.5 Å². The Balaban J connectivity index is 0.00000225. The van der Waals surface area contributed by atoms with Crippen LogP contribution in [-0.4, -0.2) is 24.0 Å². The quantitative estimate of drug-likeness (QED) is 0.721. The number of benzene rings is 2. The van der Waals surface area contributed by atoms with Crippen LogP contribution in [-0.2, 0) is 17.9 Å². The van der Waals surface area contributed by atoms with Gasteiger partial charge in [0, 0.05) is 6.54 Å². The van der Waals surface area contributed by atoms with Gasteiger partial charge in [0.2, 0.25) is 0 Å². The predicted molar refractivity (Wildman–Crippen MR) is 103 cm³/mol. The maximum absolute atomic E-state index is 12.2. The van der Waals surface area contributed by atoms with Crippen LogP contribution in [0.5, 0.6) is 0 Å². The SMILES string of the molecule is Cc1ccc(C(=O)OCc2ccccc2CN2CCCCC2)cc1.Cl. The molecule has 0 atom stereocenters. The number of carbonyl (C=O) groups is 1. The fourth-order valence-corrected chi connectivity index (χ4v) is 3.13. The van der Waals surface area contributed by atoms with Gasteiger partial charge in [-0.2, -0.15) is 0 Å². The number of esters is 1. The summed E-state index contributed by atoms with van der Waals surface area (Å²) < 4.78 is 5.53. The van der Waals surface area contributed by atoms with Gasteiger partial charge in [-0.15, -0.1) is 12.4 Å². The largest absolute Gasteiger partial charge is 0.457 e. The van der Waals surface area contributed by atoms with Gasteiger partial charge in [-0.1, -0.05) is 48.4 Å². The lowest BCUT2D eigenvalue weighted by atomic mass is 10.1. The van der Waals surface area contributed by atoms with Crippen LogP contribution in [0.3, 0.4) is 0 Å². The van der Waals surface area contributed by atoms with Crippen LogP contribution in [0, 0.1) is 6.92 Å². The molecule has 1 heterocycles. The highest BCUT2D eigenvalue weighted by Crippen LogP contribution is 2.17. The van der Waals surface area contributed by atoms with E-state index in [1.165, 1.54) is 24.8 Å². The Labute approximate surface area is 156 Å². The van der Waals surface area contributed by atoms with Crippen LogP contribution in [0.4, 0.5) is 0 Å². The molecule has 1 fully saturated rings. The maximum Gasteiger partial charge on any atom is 0.338 e. The lowest BCUT2D eigenvalue weighted by molar-refractivity contribution is 0.0471. The highest BCUT2D eigenvalue weighted by Gasteiger charge is 2.13. The fraction of sp³-hybridized carbons (Fsp3) is 0.381. The van der Waals surface area contributed by atoms with E-state index >= 15 is 0 Å². The van der Waals surface area contributed by atoms with Crippen molar-refractivity contribution >= 4 is 18.4 Å². The Morgan fingerprint density at radius 2 is 1.60 bits per heavy atom. The maximum atomic E-state index is 12.2. The average molecular weight is 360 g/mol. The van der Waals surface area contributed by atoms with E-state index in [-0.39, 0.29) is 18.4 Å². The van der Waals surface area contributed by atoms with E-state index in [1.807, 2.05) is 37.3 Å². The molecule has 3 nitrogen and oxygen atoms in total. The van der Waals surface area contributed by atoms with Gasteiger partial charge < -0.3 is 4.74 Å². The normalized spacial score (nSPS) is 14.6. The Bertz CT molecular complexity index is 679. The van der Waals surface area contributed by atoms with E-state index in [1.54, 1.807) is 0 Å². The number of carbonyl (C=O) groups excluding carboxylic acids is 1. The van der Waals surface area contributed by atoms with Gasteiger partial charge in [0.05, 0.1) is 5.56 Å². The monoisotopic (exact) mass is 359 g/mol. The highest BCUT2D eigenvalue weighted by atomic mass is 35.5. The zero-order chi connectivity index (χ0) is 16.8. The molecule has 1 aliphatic heterocycles.